The van der Waals surface area contributed by atoms with E-state index in [0.29, 0.717) is 10.0 Å². The van der Waals surface area contributed by atoms with Gasteiger partial charge >= 0.3 is 0 Å². The molecule has 0 saturated carbocycles. The van der Waals surface area contributed by atoms with E-state index in [9.17, 15) is 0 Å². The standard InChI is InChI=1S/C32H20Cl2/c33-28-20-24-16-7-9-17-25(24)29(22-13-5-2-6-14-22)31(28)30-27(21-11-3-1-4-12-21)19-23-15-8-10-18-26(23)32(30)34/h1-20H. The van der Waals surface area contributed by atoms with Gasteiger partial charge < -0.3 is 0 Å². The summed E-state index contributed by atoms with van der Waals surface area (Å²) in [5.41, 5.74) is 6.30. The van der Waals surface area contributed by atoms with E-state index >= 15 is 0 Å². The molecule has 0 aliphatic carbocycles. The van der Waals surface area contributed by atoms with E-state index in [1.165, 1.54) is 0 Å². The average Bonchev–Trinajstić information content (AvgIpc) is 2.89. The Morgan fingerprint density at radius 2 is 0.941 bits per heavy atom. The summed E-state index contributed by atoms with van der Waals surface area (Å²) in [6.07, 6.45) is 0. The Kier molecular flexibility index (Phi) is 5.34. The number of halogens is 2. The Bertz CT molecular complexity index is 1650. The predicted molar refractivity (Wildman–Crippen MR) is 148 cm³/mol. The van der Waals surface area contributed by atoms with Crippen LogP contribution in [0.1, 0.15) is 0 Å². The van der Waals surface area contributed by atoms with E-state index in [4.69, 9.17) is 23.2 Å². The molecule has 0 radical (unpaired) electrons. The van der Waals surface area contributed by atoms with Crippen LogP contribution in [0.4, 0.5) is 0 Å². The highest BCUT2D eigenvalue weighted by atomic mass is 35.5. The normalized spacial score (nSPS) is 11.2. The molecule has 0 fully saturated rings. The lowest BCUT2D eigenvalue weighted by atomic mass is 9.85. The second-order valence-electron chi connectivity index (χ2n) is 8.40. The van der Waals surface area contributed by atoms with Crippen molar-refractivity contribution in [1.82, 2.24) is 0 Å². The molecule has 0 nitrogen and oxygen atoms in total. The van der Waals surface area contributed by atoms with E-state index in [1.807, 2.05) is 30.3 Å². The Labute approximate surface area is 209 Å². The van der Waals surface area contributed by atoms with Crippen molar-refractivity contribution in [1.29, 1.82) is 0 Å². The molecule has 0 aromatic heterocycles. The Balaban J connectivity index is 1.82. The molecule has 0 aliphatic rings. The van der Waals surface area contributed by atoms with Gasteiger partial charge in [0.15, 0.2) is 0 Å². The van der Waals surface area contributed by atoms with Crippen molar-refractivity contribution >= 4 is 44.7 Å². The van der Waals surface area contributed by atoms with Crippen molar-refractivity contribution in [3.05, 3.63) is 131 Å². The highest BCUT2D eigenvalue weighted by molar-refractivity contribution is 6.42. The van der Waals surface area contributed by atoms with Gasteiger partial charge in [-0.3, -0.25) is 0 Å². The highest BCUT2D eigenvalue weighted by Crippen LogP contribution is 2.50. The Morgan fingerprint density at radius 1 is 0.412 bits per heavy atom. The summed E-state index contributed by atoms with van der Waals surface area (Å²) < 4.78 is 0. The van der Waals surface area contributed by atoms with Crippen LogP contribution in [0.5, 0.6) is 0 Å². The molecular formula is C32H20Cl2. The molecule has 0 amide bonds. The molecule has 34 heavy (non-hydrogen) atoms. The van der Waals surface area contributed by atoms with Crippen molar-refractivity contribution in [3.63, 3.8) is 0 Å². The highest BCUT2D eigenvalue weighted by Gasteiger charge is 2.23. The summed E-state index contributed by atoms with van der Waals surface area (Å²) in [6, 6.07) is 41.8. The van der Waals surface area contributed by atoms with E-state index in [1.54, 1.807) is 0 Å². The first kappa shape index (κ1) is 21.0. The minimum Gasteiger partial charge on any atom is -0.0836 e. The lowest BCUT2D eigenvalue weighted by Crippen LogP contribution is -1.94. The first-order valence-electron chi connectivity index (χ1n) is 11.3. The van der Waals surface area contributed by atoms with Crippen molar-refractivity contribution in [2.75, 3.05) is 0 Å². The largest absolute Gasteiger partial charge is 0.0836 e. The maximum absolute atomic E-state index is 7.26. The van der Waals surface area contributed by atoms with E-state index < -0.39 is 0 Å². The SMILES string of the molecule is Clc1cc2ccccc2c(-c2ccccc2)c1-c1c(-c2ccccc2)cc2ccccc2c1Cl. The van der Waals surface area contributed by atoms with Crippen LogP contribution < -0.4 is 0 Å². The zero-order valence-electron chi connectivity index (χ0n) is 18.3. The third-order valence-corrected chi connectivity index (χ3v) is 7.08. The van der Waals surface area contributed by atoms with Gasteiger partial charge in [0.1, 0.15) is 0 Å². The van der Waals surface area contributed by atoms with Crippen LogP contribution in [0, 0.1) is 0 Å². The van der Waals surface area contributed by atoms with Gasteiger partial charge in [0.25, 0.3) is 0 Å². The maximum atomic E-state index is 7.26. The molecule has 162 valence electrons. The van der Waals surface area contributed by atoms with Gasteiger partial charge in [-0.1, -0.05) is 132 Å². The zero-order valence-corrected chi connectivity index (χ0v) is 19.8. The molecule has 2 heteroatoms. The molecule has 0 atom stereocenters. The first-order chi connectivity index (χ1) is 16.7. The van der Waals surface area contributed by atoms with Gasteiger partial charge in [-0.05, 0) is 50.5 Å². The minimum atomic E-state index is 0.687. The van der Waals surface area contributed by atoms with Crippen molar-refractivity contribution in [3.8, 4) is 33.4 Å². The molecule has 6 rings (SSSR count). The number of benzene rings is 6. The van der Waals surface area contributed by atoms with Gasteiger partial charge in [-0.15, -0.1) is 0 Å². The molecule has 0 saturated heterocycles. The van der Waals surface area contributed by atoms with E-state index in [0.717, 1.165) is 54.9 Å². The second-order valence-corrected chi connectivity index (χ2v) is 9.18. The van der Waals surface area contributed by atoms with Gasteiger partial charge in [-0.25, -0.2) is 0 Å². The third kappa shape index (κ3) is 3.47. The van der Waals surface area contributed by atoms with E-state index in [2.05, 4.69) is 91.0 Å². The number of fused-ring (bicyclic) bond motifs is 2. The van der Waals surface area contributed by atoms with Gasteiger partial charge in [0, 0.05) is 21.5 Å². The predicted octanol–water partition coefficient (Wildman–Crippen LogP) is 10.3. The molecule has 0 heterocycles. The zero-order chi connectivity index (χ0) is 23.1. The molecule has 0 spiro atoms. The maximum Gasteiger partial charge on any atom is 0.0569 e. The van der Waals surface area contributed by atoms with E-state index in [-0.39, 0.29) is 0 Å². The number of rotatable bonds is 3. The summed E-state index contributed by atoms with van der Waals surface area (Å²) in [5.74, 6) is 0. The van der Waals surface area contributed by atoms with Gasteiger partial charge in [0.05, 0.1) is 5.02 Å². The van der Waals surface area contributed by atoms with Crippen LogP contribution >= 0.6 is 23.2 Å². The summed E-state index contributed by atoms with van der Waals surface area (Å²) >= 11 is 14.4. The minimum absolute atomic E-state index is 0.687. The van der Waals surface area contributed by atoms with Gasteiger partial charge in [-0.2, -0.15) is 0 Å². The van der Waals surface area contributed by atoms with Crippen molar-refractivity contribution in [2.24, 2.45) is 0 Å². The third-order valence-electron chi connectivity index (χ3n) is 6.38. The van der Waals surface area contributed by atoms with Crippen molar-refractivity contribution in [2.45, 2.75) is 0 Å². The summed E-state index contributed by atoms with van der Waals surface area (Å²) in [6.45, 7) is 0. The monoisotopic (exact) mass is 474 g/mol. The Morgan fingerprint density at radius 3 is 1.62 bits per heavy atom. The van der Waals surface area contributed by atoms with Crippen LogP contribution in [0.2, 0.25) is 10.0 Å². The van der Waals surface area contributed by atoms with Crippen LogP contribution in [0.25, 0.3) is 54.9 Å². The quantitative estimate of drug-likeness (QED) is 0.239. The lowest BCUT2D eigenvalue weighted by Gasteiger charge is -2.21. The van der Waals surface area contributed by atoms with Crippen LogP contribution in [-0.2, 0) is 0 Å². The molecular weight excluding hydrogens is 455 g/mol. The number of hydrogen-bond donors (Lipinski definition) is 0. The molecule has 6 aromatic carbocycles. The fraction of sp³-hybridized carbons (Fsp3) is 0. The molecule has 6 aromatic rings. The fourth-order valence-corrected chi connectivity index (χ4v) is 5.53. The topological polar surface area (TPSA) is 0 Å². The van der Waals surface area contributed by atoms with Crippen LogP contribution in [0.15, 0.2) is 121 Å². The summed E-state index contributed by atoms with van der Waals surface area (Å²) in [7, 11) is 0. The molecule has 0 aliphatic heterocycles. The van der Waals surface area contributed by atoms with Crippen molar-refractivity contribution < 1.29 is 0 Å². The van der Waals surface area contributed by atoms with Crippen LogP contribution in [-0.4, -0.2) is 0 Å². The van der Waals surface area contributed by atoms with Gasteiger partial charge in [0.2, 0.25) is 0 Å². The summed E-state index contributed by atoms with van der Waals surface area (Å²) in [4.78, 5) is 0. The fourth-order valence-electron chi connectivity index (χ4n) is 4.86. The summed E-state index contributed by atoms with van der Waals surface area (Å²) in [5, 5.41) is 5.78. The first-order valence-corrected chi connectivity index (χ1v) is 12.0. The molecule has 0 bridgehead atoms. The molecule has 0 unspecified atom stereocenters. The average molecular weight is 475 g/mol. The molecule has 0 N–H and O–H groups in total. The van der Waals surface area contributed by atoms with Crippen LogP contribution in [0.3, 0.4) is 0 Å². The number of hydrogen-bond acceptors (Lipinski definition) is 0. The Hall–Kier alpha value is -3.58. The second kappa shape index (κ2) is 8.65. The smallest absolute Gasteiger partial charge is 0.0569 e. The lowest BCUT2D eigenvalue weighted by molar-refractivity contribution is 1.60.